The summed E-state index contributed by atoms with van der Waals surface area (Å²) in [5.74, 6) is 0.494. The molecule has 1 aromatic carbocycles. The molecule has 0 aliphatic heterocycles. The van der Waals surface area contributed by atoms with Gasteiger partial charge in [-0.25, -0.2) is 4.98 Å². The normalized spacial score (nSPS) is 17.2. The Morgan fingerprint density at radius 1 is 1.24 bits per heavy atom. The summed E-state index contributed by atoms with van der Waals surface area (Å²) >= 11 is 1.67. The van der Waals surface area contributed by atoms with E-state index in [2.05, 4.69) is 27.8 Å². The Hall–Kier alpha value is -1.23. The molecule has 1 heterocycles. The molecule has 1 aliphatic rings. The van der Waals surface area contributed by atoms with E-state index in [1.165, 1.54) is 25.7 Å². The third kappa shape index (κ3) is 3.90. The van der Waals surface area contributed by atoms with Crippen LogP contribution in [0.2, 0.25) is 0 Å². The molecule has 0 bridgehead atoms. The molecule has 112 valence electrons. The van der Waals surface area contributed by atoms with Crippen LogP contribution in [-0.2, 0) is 6.54 Å². The second kappa shape index (κ2) is 7.16. The Kier molecular flexibility index (Phi) is 5.01. The number of aliphatic hydroxyl groups is 1. The maximum Gasteiger partial charge on any atom is 0.107 e. The lowest BCUT2D eigenvalue weighted by Gasteiger charge is -2.17. The Labute approximate surface area is 130 Å². The highest BCUT2D eigenvalue weighted by Gasteiger charge is 2.22. The first kappa shape index (κ1) is 14.7. The van der Waals surface area contributed by atoms with Crippen molar-refractivity contribution in [3.63, 3.8) is 0 Å². The van der Waals surface area contributed by atoms with Crippen molar-refractivity contribution in [1.82, 2.24) is 10.3 Å². The Balaban J connectivity index is 1.49. The van der Waals surface area contributed by atoms with Crippen LogP contribution >= 0.6 is 11.3 Å². The van der Waals surface area contributed by atoms with Crippen molar-refractivity contribution < 1.29 is 5.11 Å². The van der Waals surface area contributed by atoms with E-state index in [0.29, 0.717) is 12.5 Å². The largest absolute Gasteiger partial charge is 0.392 e. The van der Waals surface area contributed by atoms with Crippen molar-refractivity contribution in [3.05, 3.63) is 40.7 Å². The number of hydrogen-bond donors (Lipinski definition) is 2. The molecule has 1 aliphatic carbocycles. The van der Waals surface area contributed by atoms with Crippen LogP contribution in [-0.4, -0.2) is 22.7 Å². The maximum absolute atomic E-state index is 10.1. The Morgan fingerprint density at radius 3 is 2.76 bits per heavy atom. The van der Waals surface area contributed by atoms with Crippen LogP contribution < -0.4 is 5.32 Å². The fourth-order valence-corrected chi connectivity index (χ4v) is 3.74. The quantitative estimate of drug-likeness (QED) is 0.859. The molecule has 2 aromatic rings. The van der Waals surface area contributed by atoms with Gasteiger partial charge in [-0.3, -0.25) is 0 Å². The van der Waals surface area contributed by atoms with Gasteiger partial charge >= 0.3 is 0 Å². The summed E-state index contributed by atoms with van der Waals surface area (Å²) in [5.41, 5.74) is 2.19. The zero-order valence-electron chi connectivity index (χ0n) is 12.2. The first-order valence-corrected chi connectivity index (χ1v) is 8.59. The molecule has 0 radical (unpaired) electrons. The molecule has 4 heteroatoms. The molecule has 1 atom stereocenters. The zero-order valence-corrected chi connectivity index (χ0v) is 13.0. The van der Waals surface area contributed by atoms with Crippen LogP contribution in [0, 0.1) is 5.92 Å². The van der Waals surface area contributed by atoms with Gasteiger partial charge in [0, 0.05) is 24.0 Å². The van der Waals surface area contributed by atoms with E-state index in [1.807, 2.05) is 18.2 Å². The van der Waals surface area contributed by atoms with E-state index in [-0.39, 0.29) is 6.10 Å². The van der Waals surface area contributed by atoms with E-state index in [0.717, 1.165) is 22.8 Å². The van der Waals surface area contributed by atoms with E-state index in [9.17, 15) is 5.11 Å². The predicted octanol–water partition coefficient (Wildman–Crippen LogP) is 3.45. The van der Waals surface area contributed by atoms with Gasteiger partial charge in [0.1, 0.15) is 5.01 Å². The number of thiazole rings is 1. The number of nitrogens with zero attached hydrogens (tertiary/aromatic N) is 1. The average molecular weight is 302 g/mol. The summed E-state index contributed by atoms with van der Waals surface area (Å²) in [6.07, 6.45) is 4.70. The third-order valence-corrected chi connectivity index (χ3v) is 5.04. The molecule has 0 saturated heterocycles. The molecule has 0 spiro atoms. The summed E-state index contributed by atoms with van der Waals surface area (Å²) in [5, 5.41) is 16.6. The minimum Gasteiger partial charge on any atom is -0.392 e. The first-order valence-electron chi connectivity index (χ1n) is 7.71. The highest BCUT2D eigenvalue weighted by Crippen LogP contribution is 2.27. The van der Waals surface area contributed by atoms with Gasteiger partial charge in [-0.2, -0.15) is 0 Å². The highest BCUT2D eigenvalue weighted by molar-refractivity contribution is 7.09. The van der Waals surface area contributed by atoms with Crippen molar-refractivity contribution >= 4 is 11.3 Å². The maximum atomic E-state index is 10.1. The number of aliphatic hydroxyl groups excluding tert-OH is 1. The number of aromatic nitrogens is 1. The molecular weight excluding hydrogens is 280 g/mol. The average Bonchev–Trinajstić information content (AvgIpc) is 3.20. The van der Waals surface area contributed by atoms with Crippen LogP contribution in [0.1, 0.15) is 30.7 Å². The third-order valence-electron chi connectivity index (χ3n) is 4.19. The molecular formula is C17H22N2OS. The van der Waals surface area contributed by atoms with Gasteiger partial charge in [-0.05, 0) is 18.8 Å². The lowest BCUT2D eigenvalue weighted by Crippen LogP contribution is -2.31. The van der Waals surface area contributed by atoms with Gasteiger partial charge in [0.2, 0.25) is 0 Å². The summed E-state index contributed by atoms with van der Waals surface area (Å²) in [6.45, 7) is 1.41. The molecule has 3 rings (SSSR count). The molecule has 1 unspecified atom stereocenters. The number of rotatable bonds is 6. The van der Waals surface area contributed by atoms with Crippen LogP contribution in [0.4, 0.5) is 0 Å². The monoisotopic (exact) mass is 302 g/mol. The second-order valence-electron chi connectivity index (χ2n) is 5.74. The van der Waals surface area contributed by atoms with Crippen molar-refractivity contribution in [1.29, 1.82) is 0 Å². The molecule has 3 nitrogen and oxygen atoms in total. The number of benzene rings is 1. The van der Waals surface area contributed by atoms with E-state index in [4.69, 9.17) is 0 Å². The van der Waals surface area contributed by atoms with Crippen LogP contribution in [0.15, 0.2) is 35.7 Å². The summed E-state index contributed by atoms with van der Waals surface area (Å²) < 4.78 is 0. The zero-order chi connectivity index (χ0) is 14.5. The van der Waals surface area contributed by atoms with Crippen LogP contribution in [0.3, 0.4) is 0 Å². The molecule has 21 heavy (non-hydrogen) atoms. The SMILES string of the molecule is OC(CNCc1nc(-c2ccccc2)cs1)C1CCCC1. The fourth-order valence-electron chi connectivity index (χ4n) is 2.97. The van der Waals surface area contributed by atoms with Crippen molar-refractivity contribution in [2.24, 2.45) is 5.92 Å². The molecule has 1 fully saturated rings. The number of nitrogens with one attached hydrogen (secondary N) is 1. The standard InChI is InChI=1S/C17H22N2OS/c20-16(14-8-4-5-9-14)10-18-11-17-19-15(12-21-17)13-6-2-1-3-7-13/h1-3,6-7,12,14,16,18,20H,4-5,8-11H2. The lowest BCUT2D eigenvalue weighted by molar-refractivity contribution is 0.109. The van der Waals surface area contributed by atoms with Crippen LogP contribution in [0.25, 0.3) is 11.3 Å². The van der Waals surface area contributed by atoms with Crippen LogP contribution in [0.5, 0.6) is 0 Å². The lowest BCUT2D eigenvalue weighted by atomic mass is 10.0. The van der Waals surface area contributed by atoms with E-state index < -0.39 is 0 Å². The topological polar surface area (TPSA) is 45.1 Å². The fraction of sp³-hybridized carbons (Fsp3) is 0.471. The molecule has 0 amide bonds. The summed E-state index contributed by atoms with van der Waals surface area (Å²) in [6, 6.07) is 10.2. The Bertz CT molecular complexity index is 549. The summed E-state index contributed by atoms with van der Waals surface area (Å²) in [4.78, 5) is 4.65. The molecule has 1 saturated carbocycles. The Morgan fingerprint density at radius 2 is 2.00 bits per heavy atom. The van der Waals surface area contributed by atoms with E-state index >= 15 is 0 Å². The van der Waals surface area contributed by atoms with E-state index in [1.54, 1.807) is 11.3 Å². The predicted molar refractivity (Wildman–Crippen MR) is 87.2 cm³/mol. The van der Waals surface area contributed by atoms with Gasteiger partial charge in [-0.1, -0.05) is 43.2 Å². The number of hydrogen-bond acceptors (Lipinski definition) is 4. The molecule has 1 aromatic heterocycles. The second-order valence-corrected chi connectivity index (χ2v) is 6.68. The minimum absolute atomic E-state index is 0.207. The molecule has 2 N–H and O–H groups in total. The minimum atomic E-state index is -0.207. The first-order chi connectivity index (χ1) is 10.3. The van der Waals surface area contributed by atoms with Crippen molar-refractivity contribution in [2.75, 3.05) is 6.54 Å². The van der Waals surface area contributed by atoms with Gasteiger partial charge in [0.05, 0.1) is 11.8 Å². The smallest absolute Gasteiger partial charge is 0.107 e. The van der Waals surface area contributed by atoms with Gasteiger partial charge in [0.25, 0.3) is 0 Å². The van der Waals surface area contributed by atoms with Gasteiger partial charge in [0.15, 0.2) is 0 Å². The van der Waals surface area contributed by atoms with Gasteiger partial charge < -0.3 is 10.4 Å². The van der Waals surface area contributed by atoms with Crippen molar-refractivity contribution in [3.8, 4) is 11.3 Å². The van der Waals surface area contributed by atoms with Crippen molar-refractivity contribution in [2.45, 2.75) is 38.3 Å². The highest BCUT2D eigenvalue weighted by atomic mass is 32.1. The van der Waals surface area contributed by atoms with Gasteiger partial charge in [-0.15, -0.1) is 11.3 Å². The summed E-state index contributed by atoms with van der Waals surface area (Å²) in [7, 11) is 0.